The third-order valence-corrected chi connectivity index (χ3v) is 7.94. The van der Waals surface area contributed by atoms with E-state index in [1.165, 1.54) is 14.2 Å². The highest BCUT2D eigenvalue weighted by Crippen LogP contribution is 2.39. The highest BCUT2D eigenvalue weighted by atomic mass is 16.5. The quantitative estimate of drug-likeness (QED) is 0.383. The normalized spacial score (nSPS) is 20.0. The molecule has 2 amide bonds. The number of benzene rings is 3. The number of amides is 2. The van der Waals surface area contributed by atoms with E-state index in [0.717, 1.165) is 11.1 Å². The maximum Gasteiger partial charge on any atom is 0.258 e. The van der Waals surface area contributed by atoms with Gasteiger partial charge in [-0.25, -0.2) is 0 Å². The molecule has 2 saturated heterocycles. The van der Waals surface area contributed by atoms with E-state index in [9.17, 15) is 9.59 Å². The Kier molecular flexibility index (Phi) is 7.36. The van der Waals surface area contributed by atoms with Gasteiger partial charge in [-0.3, -0.25) is 19.6 Å². The maximum atomic E-state index is 13.1. The van der Waals surface area contributed by atoms with Gasteiger partial charge in [0.1, 0.15) is 26.7 Å². The van der Waals surface area contributed by atoms with Gasteiger partial charge in [-0.2, -0.15) is 0 Å². The second-order valence-electron chi connectivity index (χ2n) is 10.7. The summed E-state index contributed by atoms with van der Waals surface area (Å²) < 4.78 is 34.3. The highest BCUT2D eigenvalue weighted by molar-refractivity contribution is 6.04. The minimum absolute atomic E-state index is 0.156. The smallest absolute Gasteiger partial charge is 0.258 e. The average molecular weight is 599 g/mol. The van der Waals surface area contributed by atoms with Crippen molar-refractivity contribution < 1.29 is 38.0 Å². The van der Waals surface area contributed by atoms with Crippen molar-refractivity contribution in [3.05, 3.63) is 70.8 Å². The summed E-state index contributed by atoms with van der Waals surface area (Å²) >= 11 is 0. The molecule has 0 saturated carbocycles. The molecule has 12 nitrogen and oxygen atoms in total. The van der Waals surface area contributed by atoms with Gasteiger partial charge in [0.15, 0.2) is 23.0 Å². The molecule has 0 bridgehead atoms. The second-order valence-corrected chi connectivity index (χ2v) is 10.7. The van der Waals surface area contributed by atoms with Gasteiger partial charge in [0.05, 0.1) is 62.0 Å². The maximum absolute atomic E-state index is 13.1. The van der Waals surface area contributed by atoms with Crippen molar-refractivity contribution >= 4 is 35.6 Å². The van der Waals surface area contributed by atoms with Crippen LogP contribution in [0.25, 0.3) is 0 Å². The van der Waals surface area contributed by atoms with Crippen LogP contribution in [0.3, 0.4) is 0 Å². The highest BCUT2D eigenvalue weighted by Gasteiger charge is 2.34. The fourth-order valence-corrected chi connectivity index (χ4v) is 5.55. The molecule has 0 N–H and O–H groups in total. The summed E-state index contributed by atoms with van der Waals surface area (Å²) in [5.74, 6) is 1.53. The van der Waals surface area contributed by atoms with Gasteiger partial charge in [-0.1, -0.05) is 18.2 Å². The molecule has 2 unspecified atom stereocenters. The zero-order valence-corrected chi connectivity index (χ0v) is 24.2. The topological polar surface area (TPSA) is 121 Å². The summed E-state index contributed by atoms with van der Waals surface area (Å²) in [6.45, 7) is 1.82. The van der Waals surface area contributed by atoms with Gasteiger partial charge >= 0.3 is 0 Å². The minimum Gasteiger partial charge on any atom is -0.493 e. The molecule has 2 fully saturated rings. The van der Waals surface area contributed by atoms with Crippen LogP contribution in [0.5, 0.6) is 23.0 Å². The third kappa shape index (κ3) is 5.12. The van der Waals surface area contributed by atoms with Gasteiger partial charge in [-0.05, 0) is 29.3 Å². The fourth-order valence-electron chi connectivity index (χ4n) is 5.55. The Morgan fingerprint density at radius 1 is 0.705 bits per heavy atom. The molecule has 0 spiro atoms. The Morgan fingerprint density at radius 3 is 1.64 bits per heavy atom. The van der Waals surface area contributed by atoms with Crippen molar-refractivity contribution in [2.45, 2.75) is 25.3 Å². The molecule has 0 aromatic heterocycles. The Hall–Kier alpha value is -4.94. The molecule has 4 heterocycles. The molecular weight excluding hydrogens is 568 g/mol. The van der Waals surface area contributed by atoms with Crippen LogP contribution in [-0.4, -0.2) is 87.0 Å². The van der Waals surface area contributed by atoms with Crippen LogP contribution in [0, 0.1) is 0 Å². The van der Waals surface area contributed by atoms with E-state index in [-0.39, 0.29) is 50.6 Å². The largest absolute Gasteiger partial charge is 0.493 e. The van der Waals surface area contributed by atoms with Crippen LogP contribution >= 0.6 is 0 Å². The third-order valence-electron chi connectivity index (χ3n) is 7.94. The van der Waals surface area contributed by atoms with Crippen LogP contribution in [0.1, 0.15) is 31.8 Å². The number of methoxy groups -OCH3 is 2. The summed E-state index contributed by atoms with van der Waals surface area (Å²) in [5, 5.41) is 0. The number of nitrogens with zero attached hydrogens (tertiary/aromatic N) is 4. The van der Waals surface area contributed by atoms with Crippen molar-refractivity contribution in [2.75, 3.05) is 40.9 Å². The summed E-state index contributed by atoms with van der Waals surface area (Å²) in [6, 6.07) is 14.2. The number of aliphatic imine (C=N–C) groups is 2. The van der Waals surface area contributed by atoms with Gasteiger partial charge in [0.25, 0.3) is 11.8 Å². The van der Waals surface area contributed by atoms with E-state index in [1.54, 1.807) is 46.5 Å². The van der Waals surface area contributed by atoms with Crippen molar-refractivity contribution in [2.24, 2.45) is 9.98 Å². The van der Waals surface area contributed by atoms with E-state index in [4.69, 9.17) is 28.4 Å². The van der Waals surface area contributed by atoms with Crippen LogP contribution < -0.4 is 18.9 Å². The first-order valence-corrected chi connectivity index (χ1v) is 14.2. The molecule has 0 radical (unpaired) electrons. The van der Waals surface area contributed by atoms with Crippen LogP contribution in [0.2, 0.25) is 0 Å². The predicted octanol–water partition coefficient (Wildman–Crippen LogP) is 3.89. The monoisotopic (exact) mass is 598 g/mol. The summed E-state index contributed by atoms with van der Waals surface area (Å²) in [6.07, 6.45) is 3.47. The molecule has 3 aromatic rings. The number of hydrogen-bond donors (Lipinski definition) is 0. The number of hydrogen-bond acceptors (Lipinski definition) is 10. The first kappa shape index (κ1) is 27.9. The van der Waals surface area contributed by atoms with Crippen LogP contribution in [0.4, 0.5) is 11.4 Å². The van der Waals surface area contributed by atoms with Crippen molar-refractivity contribution in [1.29, 1.82) is 0 Å². The lowest BCUT2D eigenvalue weighted by atomic mass is 10.1. The van der Waals surface area contributed by atoms with E-state index in [0.29, 0.717) is 58.7 Å². The SMILES string of the molecule is COc1cc2c(cc1OCc1cccc(COc3cc4c(cc3OC)C(=O)N3COCC3C=N4)c1)N=CC1COCN1C2=O. The predicted molar refractivity (Wildman–Crippen MR) is 159 cm³/mol. The lowest BCUT2D eigenvalue weighted by molar-refractivity contribution is 0.0675. The second kappa shape index (κ2) is 11.6. The zero-order chi connectivity index (χ0) is 30.2. The summed E-state index contributed by atoms with van der Waals surface area (Å²) in [5.41, 5.74) is 3.75. The van der Waals surface area contributed by atoms with E-state index < -0.39 is 0 Å². The first-order chi connectivity index (χ1) is 21.5. The van der Waals surface area contributed by atoms with E-state index >= 15 is 0 Å². The van der Waals surface area contributed by atoms with Crippen LogP contribution in [-0.2, 0) is 22.7 Å². The number of fused-ring (bicyclic) bond motifs is 4. The molecule has 7 rings (SSSR count). The van der Waals surface area contributed by atoms with Gasteiger partial charge in [0, 0.05) is 24.6 Å². The zero-order valence-electron chi connectivity index (χ0n) is 24.2. The van der Waals surface area contributed by atoms with Crippen LogP contribution in [0.15, 0.2) is 58.5 Å². The molecule has 12 heteroatoms. The van der Waals surface area contributed by atoms with Crippen molar-refractivity contribution in [3.8, 4) is 23.0 Å². The molecule has 4 aliphatic rings. The average Bonchev–Trinajstić information content (AvgIpc) is 3.68. The van der Waals surface area contributed by atoms with Gasteiger partial charge in [-0.15, -0.1) is 0 Å². The Bertz CT molecular complexity index is 1570. The summed E-state index contributed by atoms with van der Waals surface area (Å²) in [4.78, 5) is 38.5. The van der Waals surface area contributed by atoms with Gasteiger partial charge < -0.3 is 38.2 Å². The Balaban J connectivity index is 1.06. The molecule has 4 aliphatic heterocycles. The first-order valence-electron chi connectivity index (χ1n) is 14.2. The molecule has 0 aliphatic carbocycles. The number of rotatable bonds is 8. The lowest BCUT2D eigenvalue weighted by Gasteiger charge is -2.19. The van der Waals surface area contributed by atoms with E-state index in [1.807, 2.05) is 24.3 Å². The Morgan fingerprint density at radius 2 is 1.18 bits per heavy atom. The molecule has 3 aromatic carbocycles. The van der Waals surface area contributed by atoms with Crippen molar-refractivity contribution in [3.63, 3.8) is 0 Å². The molecule has 226 valence electrons. The Labute approximate surface area is 253 Å². The van der Waals surface area contributed by atoms with E-state index in [2.05, 4.69) is 9.98 Å². The lowest BCUT2D eigenvalue weighted by Crippen LogP contribution is -2.36. The number of ether oxygens (including phenoxy) is 6. The number of carbonyl (C=O) groups excluding carboxylic acids is 2. The number of carbonyl (C=O) groups is 2. The standard InChI is InChI=1S/C32H30N4O8/c1-39-27-7-23-25(33-11-21-15-41-17-35(21)31(23)37)9-29(27)43-13-19-4-3-5-20(6-19)14-44-30-10-26-24(8-28(30)40-2)32(38)36-18-42-16-22(36)12-34-26/h3-12,21-22H,13-18H2,1-2H3. The summed E-state index contributed by atoms with van der Waals surface area (Å²) in [7, 11) is 3.07. The fraction of sp³-hybridized carbons (Fsp3) is 0.312. The van der Waals surface area contributed by atoms with Crippen molar-refractivity contribution in [1.82, 2.24) is 9.80 Å². The van der Waals surface area contributed by atoms with Gasteiger partial charge in [0.2, 0.25) is 0 Å². The molecular formula is C32H30N4O8. The molecule has 44 heavy (non-hydrogen) atoms. The molecule has 2 atom stereocenters. The minimum atomic E-state index is -0.191.